The van der Waals surface area contributed by atoms with Crippen molar-refractivity contribution in [2.45, 2.75) is 45.6 Å². The summed E-state index contributed by atoms with van der Waals surface area (Å²) in [6.07, 6.45) is 7.47. The van der Waals surface area contributed by atoms with Gasteiger partial charge in [0, 0.05) is 43.7 Å². The van der Waals surface area contributed by atoms with Crippen LogP contribution >= 0.6 is 0 Å². The average molecular weight is 430 g/mol. The van der Waals surface area contributed by atoms with Crippen LogP contribution in [0, 0.1) is 31.1 Å². The second kappa shape index (κ2) is 8.23. The van der Waals surface area contributed by atoms with Crippen LogP contribution in [0.5, 0.6) is 0 Å². The van der Waals surface area contributed by atoms with Crippen LogP contribution in [0.3, 0.4) is 0 Å². The predicted molar refractivity (Wildman–Crippen MR) is 120 cm³/mol. The third-order valence-corrected chi connectivity index (χ3v) is 6.61. The van der Waals surface area contributed by atoms with Crippen LogP contribution in [0.2, 0.25) is 0 Å². The molecule has 3 aromatic heterocycles. The van der Waals surface area contributed by atoms with Gasteiger partial charge in [-0.2, -0.15) is 10.4 Å². The Morgan fingerprint density at radius 3 is 2.84 bits per heavy atom. The zero-order valence-corrected chi connectivity index (χ0v) is 18.5. The molecule has 0 saturated carbocycles. The van der Waals surface area contributed by atoms with Gasteiger partial charge < -0.3 is 9.80 Å². The number of hydrogen-bond donors (Lipinski definition) is 0. The summed E-state index contributed by atoms with van der Waals surface area (Å²) in [5, 5.41) is 14.1. The van der Waals surface area contributed by atoms with Crippen LogP contribution in [0.4, 0.5) is 5.82 Å². The van der Waals surface area contributed by atoms with E-state index in [4.69, 9.17) is 10.1 Å². The van der Waals surface area contributed by atoms with E-state index in [9.17, 15) is 10.1 Å². The molecule has 0 aliphatic carbocycles. The lowest BCUT2D eigenvalue weighted by atomic mass is 9.98. The third-order valence-electron chi connectivity index (χ3n) is 6.61. The summed E-state index contributed by atoms with van der Waals surface area (Å²) in [7, 11) is 0. The highest BCUT2D eigenvalue weighted by atomic mass is 16.2. The number of rotatable bonds is 3. The van der Waals surface area contributed by atoms with Gasteiger partial charge in [0.1, 0.15) is 11.5 Å². The molecule has 0 spiro atoms. The third kappa shape index (κ3) is 3.58. The van der Waals surface area contributed by atoms with Crippen LogP contribution in [-0.4, -0.2) is 50.0 Å². The highest BCUT2D eigenvalue weighted by molar-refractivity contribution is 5.94. The maximum atomic E-state index is 13.3. The van der Waals surface area contributed by atoms with E-state index < -0.39 is 0 Å². The highest BCUT2D eigenvalue weighted by Gasteiger charge is 2.32. The van der Waals surface area contributed by atoms with Crippen molar-refractivity contribution < 1.29 is 4.79 Å². The standard InChI is InChI=1S/C24H27N7O/c1-16-6-5-9-26-22(16)24(32)30-10-4-3-7-20(30)19-12-21-27-23(17(2)14-31(21)28-19)29-11-8-18(13-25)15-29/h5-6,9,12,14,18,20H,3-4,7-8,10-11,15H2,1-2H3/t18-,20+/m1/s1. The molecule has 1 amide bonds. The molecule has 0 aromatic carbocycles. The molecular formula is C24H27N7O. The molecule has 0 radical (unpaired) electrons. The van der Waals surface area contributed by atoms with E-state index in [2.05, 4.69) is 16.0 Å². The number of carbonyl (C=O) groups excluding carboxylic acids is 1. The molecule has 2 aliphatic heterocycles. The Kier molecular flexibility index (Phi) is 5.25. The quantitative estimate of drug-likeness (QED) is 0.633. The van der Waals surface area contributed by atoms with E-state index in [0.29, 0.717) is 12.2 Å². The van der Waals surface area contributed by atoms with Gasteiger partial charge in [-0.15, -0.1) is 0 Å². The molecule has 0 bridgehead atoms. The lowest BCUT2D eigenvalue weighted by Crippen LogP contribution is -2.39. The molecule has 5 rings (SSSR count). The van der Waals surface area contributed by atoms with Gasteiger partial charge in [-0.25, -0.2) is 9.50 Å². The van der Waals surface area contributed by atoms with Gasteiger partial charge >= 0.3 is 0 Å². The number of nitriles is 1. The van der Waals surface area contributed by atoms with Crippen LogP contribution in [-0.2, 0) is 0 Å². The van der Waals surface area contributed by atoms with Crippen molar-refractivity contribution in [3.05, 3.63) is 53.1 Å². The number of hydrogen-bond acceptors (Lipinski definition) is 6. The molecule has 5 heterocycles. The first-order valence-corrected chi connectivity index (χ1v) is 11.3. The van der Waals surface area contributed by atoms with Crippen molar-refractivity contribution in [1.82, 2.24) is 24.5 Å². The van der Waals surface area contributed by atoms with Gasteiger partial charge in [-0.1, -0.05) is 6.07 Å². The summed E-state index contributed by atoms with van der Waals surface area (Å²) >= 11 is 0. The predicted octanol–water partition coefficient (Wildman–Crippen LogP) is 3.46. The van der Waals surface area contributed by atoms with Crippen LogP contribution < -0.4 is 4.90 Å². The minimum atomic E-state index is -0.0853. The Bertz CT molecular complexity index is 1210. The molecule has 2 fully saturated rings. The smallest absolute Gasteiger partial charge is 0.273 e. The zero-order chi connectivity index (χ0) is 22.2. The number of aryl methyl sites for hydroxylation is 2. The van der Waals surface area contributed by atoms with Crippen LogP contribution in [0.15, 0.2) is 30.6 Å². The minimum absolute atomic E-state index is 0.0331. The van der Waals surface area contributed by atoms with Crippen molar-refractivity contribution in [2.24, 2.45) is 5.92 Å². The number of anilines is 1. The Morgan fingerprint density at radius 1 is 1.19 bits per heavy atom. The van der Waals surface area contributed by atoms with E-state index in [1.54, 1.807) is 6.20 Å². The number of nitrogens with zero attached hydrogens (tertiary/aromatic N) is 7. The second-order valence-corrected chi connectivity index (χ2v) is 8.86. The number of carbonyl (C=O) groups is 1. The maximum absolute atomic E-state index is 13.3. The molecule has 2 atom stereocenters. The largest absolute Gasteiger partial charge is 0.355 e. The van der Waals surface area contributed by atoms with E-state index in [-0.39, 0.29) is 17.9 Å². The lowest BCUT2D eigenvalue weighted by Gasteiger charge is -2.34. The summed E-state index contributed by atoms with van der Waals surface area (Å²) < 4.78 is 1.81. The molecule has 32 heavy (non-hydrogen) atoms. The SMILES string of the molecule is Cc1cccnc1C(=O)N1CCCC[C@H]1c1cc2nc(N3CC[C@H](C#N)C3)c(C)cn2n1. The first kappa shape index (κ1) is 20.4. The van der Waals surface area contributed by atoms with E-state index in [1.807, 2.05) is 47.7 Å². The normalized spacial score (nSPS) is 21.2. The van der Waals surface area contributed by atoms with E-state index >= 15 is 0 Å². The molecule has 0 unspecified atom stereocenters. The van der Waals surface area contributed by atoms with Crippen LogP contribution in [0.1, 0.15) is 59.0 Å². The number of amides is 1. The fourth-order valence-electron chi connectivity index (χ4n) is 4.89. The summed E-state index contributed by atoms with van der Waals surface area (Å²) in [6.45, 7) is 6.22. The summed E-state index contributed by atoms with van der Waals surface area (Å²) in [5.74, 6) is 0.946. The molecule has 164 valence electrons. The Morgan fingerprint density at radius 2 is 2.06 bits per heavy atom. The molecule has 3 aromatic rings. The fourth-order valence-corrected chi connectivity index (χ4v) is 4.89. The Hall–Kier alpha value is -3.47. The van der Waals surface area contributed by atoms with Crippen molar-refractivity contribution in [1.29, 1.82) is 5.26 Å². The van der Waals surface area contributed by atoms with Crippen molar-refractivity contribution in [2.75, 3.05) is 24.5 Å². The van der Waals surface area contributed by atoms with Gasteiger partial charge in [0.25, 0.3) is 5.91 Å². The monoisotopic (exact) mass is 429 g/mol. The van der Waals surface area contributed by atoms with Crippen LogP contribution in [0.25, 0.3) is 5.65 Å². The molecular weight excluding hydrogens is 402 g/mol. The van der Waals surface area contributed by atoms with E-state index in [0.717, 1.165) is 67.1 Å². The van der Waals surface area contributed by atoms with Crippen molar-refractivity contribution in [3.63, 3.8) is 0 Å². The lowest BCUT2D eigenvalue weighted by molar-refractivity contribution is 0.0598. The molecule has 2 saturated heterocycles. The molecule has 8 heteroatoms. The first-order valence-electron chi connectivity index (χ1n) is 11.3. The van der Waals surface area contributed by atoms with Gasteiger partial charge in [-0.05, 0) is 51.2 Å². The Balaban J connectivity index is 1.47. The second-order valence-electron chi connectivity index (χ2n) is 8.86. The molecule has 8 nitrogen and oxygen atoms in total. The zero-order valence-electron chi connectivity index (χ0n) is 18.5. The topological polar surface area (TPSA) is 90.4 Å². The van der Waals surface area contributed by atoms with Crippen molar-refractivity contribution in [3.8, 4) is 6.07 Å². The number of likely N-dealkylation sites (tertiary alicyclic amines) is 1. The van der Waals surface area contributed by atoms with Gasteiger partial charge in [0.2, 0.25) is 0 Å². The fraction of sp³-hybridized carbons (Fsp3) is 0.458. The average Bonchev–Trinajstić information content (AvgIpc) is 3.45. The summed E-state index contributed by atoms with van der Waals surface area (Å²) in [5.41, 5.74) is 4.08. The van der Waals surface area contributed by atoms with Gasteiger partial charge in [-0.3, -0.25) is 9.78 Å². The highest BCUT2D eigenvalue weighted by Crippen LogP contribution is 2.33. The van der Waals surface area contributed by atoms with Gasteiger partial charge in [0.15, 0.2) is 5.65 Å². The van der Waals surface area contributed by atoms with Gasteiger partial charge in [0.05, 0.1) is 23.7 Å². The molecule has 2 aliphatic rings. The molecule has 0 N–H and O–H groups in total. The number of pyridine rings is 1. The number of fused-ring (bicyclic) bond motifs is 1. The maximum Gasteiger partial charge on any atom is 0.273 e. The summed E-state index contributed by atoms with van der Waals surface area (Å²) in [6, 6.07) is 8.07. The van der Waals surface area contributed by atoms with E-state index in [1.165, 1.54) is 0 Å². The first-order chi connectivity index (χ1) is 15.5. The number of aromatic nitrogens is 4. The number of piperidine rings is 1. The van der Waals surface area contributed by atoms with Crippen molar-refractivity contribution >= 4 is 17.4 Å². The Labute approximate surface area is 187 Å². The minimum Gasteiger partial charge on any atom is -0.355 e. The summed E-state index contributed by atoms with van der Waals surface area (Å²) in [4.78, 5) is 26.7.